The van der Waals surface area contributed by atoms with Crippen LogP contribution in [0.4, 0.5) is 5.69 Å². The molecule has 0 aliphatic heterocycles. The molecule has 0 unspecified atom stereocenters. The maximum atomic E-state index is 12.7. The normalized spacial score (nSPS) is 14.2. The fourth-order valence-electron chi connectivity index (χ4n) is 5.54. The number of halogens is 1. The van der Waals surface area contributed by atoms with Gasteiger partial charge in [-0.2, -0.15) is 5.10 Å². The first-order chi connectivity index (χ1) is 19.6. The molecule has 10 heteroatoms. The van der Waals surface area contributed by atoms with Gasteiger partial charge in [0.05, 0.1) is 38.5 Å². The standard InChI is InChI=1S/C30H26ClN7OS/c31-25-12-11-24(40-25)20-7-4-8-22-27(20)36-30(35-22)29-28-23(37-38-29)10-9-21(34-28)18-14-19(16-32-15-18)33-26(39)13-17-5-2-1-3-6-17/h4,7-12,14-17H,1-3,5-6,13H2,(H,33,39)(H,35,36)(H,37,38). The minimum atomic E-state index is 0.0421. The summed E-state index contributed by atoms with van der Waals surface area (Å²) in [7, 11) is 0. The third kappa shape index (κ3) is 4.87. The number of anilines is 1. The number of benzene rings is 1. The Morgan fingerprint density at radius 3 is 2.75 bits per heavy atom. The van der Waals surface area contributed by atoms with Crippen molar-refractivity contribution in [2.24, 2.45) is 5.92 Å². The van der Waals surface area contributed by atoms with E-state index in [9.17, 15) is 4.79 Å². The topological polar surface area (TPSA) is 112 Å². The fourth-order valence-corrected chi connectivity index (χ4v) is 6.61. The number of amides is 1. The predicted octanol–water partition coefficient (Wildman–Crippen LogP) is 7.85. The second-order valence-electron chi connectivity index (χ2n) is 10.3. The van der Waals surface area contributed by atoms with Crippen molar-refractivity contribution in [1.29, 1.82) is 0 Å². The van der Waals surface area contributed by atoms with Crippen molar-refractivity contribution in [1.82, 2.24) is 30.1 Å². The molecule has 0 bridgehead atoms. The first-order valence-corrected chi connectivity index (χ1v) is 14.7. The number of aromatic nitrogens is 6. The first kappa shape index (κ1) is 24.9. The summed E-state index contributed by atoms with van der Waals surface area (Å²) in [4.78, 5) is 31.4. The average molecular weight is 568 g/mol. The molecule has 1 aliphatic rings. The van der Waals surface area contributed by atoms with Gasteiger partial charge in [0, 0.05) is 28.6 Å². The van der Waals surface area contributed by atoms with Gasteiger partial charge in [-0.15, -0.1) is 11.3 Å². The SMILES string of the molecule is O=C(CC1CCCCC1)Nc1cncc(-c2ccc3[nH]nc(-c4nc5c(-c6ccc(Cl)s6)cccc5[nH]4)c3n2)c1. The summed E-state index contributed by atoms with van der Waals surface area (Å²) < 4.78 is 0.736. The lowest BCUT2D eigenvalue weighted by Crippen LogP contribution is -2.18. The van der Waals surface area contributed by atoms with Crippen LogP contribution in [0.1, 0.15) is 38.5 Å². The molecule has 0 atom stereocenters. The number of para-hydroxylation sites is 1. The van der Waals surface area contributed by atoms with E-state index >= 15 is 0 Å². The van der Waals surface area contributed by atoms with Gasteiger partial charge in [0.25, 0.3) is 0 Å². The number of fused-ring (bicyclic) bond motifs is 2. The Balaban J connectivity index is 1.19. The quantitative estimate of drug-likeness (QED) is 0.190. The number of rotatable bonds is 6. The van der Waals surface area contributed by atoms with Crippen LogP contribution in [0.2, 0.25) is 4.34 Å². The summed E-state index contributed by atoms with van der Waals surface area (Å²) in [5, 5.41) is 10.7. The summed E-state index contributed by atoms with van der Waals surface area (Å²) in [5.74, 6) is 1.15. The molecule has 1 amide bonds. The van der Waals surface area contributed by atoms with E-state index in [-0.39, 0.29) is 5.91 Å². The molecule has 1 fully saturated rings. The molecule has 0 saturated heterocycles. The molecule has 1 aromatic carbocycles. The van der Waals surface area contributed by atoms with Crippen molar-refractivity contribution in [2.75, 3.05) is 5.32 Å². The van der Waals surface area contributed by atoms with Crippen LogP contribution in [0.5, 0.6) is 0 Å². The second kappa shape index (κ2) is 10.5. The van der Waals surface area contributed by atoms with E-state index in [1.807, 2.05) is 48.5 Å². The lowest BCUT2D eigenvalue weighted by Gasteiger charge is -2.20. The number of pyridine rings is 2. The number of nitrogens with zero attached hydrogens (tertiary/aromatic N) is 4. The lowest BCUT2D eigenvalue weighted by molar-refractivity contribution is -0.117. The Hall–Kier alpha value is -4.08. The smallest absolute Gasteiger partial charge is 0.224 e. The predicted molar refractivity (Wildman–Crippen MR) is 160 cm³/mol. The van der Waals surface area contributed by atoms with Gasteiger partial charge in [-0.1, -0.05) is 43.0 Å². The van der Waals surface area contributed by atoms with Gasteiger partial charge < -0.3 is 10.3 Å². The number of hydrogen-bond donors (Lipinski definition) is 3. The van der Waals surface area contributed by atoms with Gasteiger partial charge in [-0.05, 0) is 55.2 Å². The van der Waals surface area contributed by atoms with Gasteiger partial charge in [0.2, 0.25) is 5.91 Å². The maximum absolute atomic E-state index is 12.7. The van der Waals surface area contributed by atoms with Gasteiger partial charge in [-0.25, -0.2) is 9.97 Å². The van der Waals surface area contributed by atoms with Crippen molar-refractivity contribution in [2.45, 2.75) is 38.5 Å². The third-order valence-electron chi connectivity index (χ3n) is 7.50. The molecule has 0 spiro atoms. The van der Waals surface area contributed by atoms with Crippen molar-refractivity contribution in [3.63, 3.8) is 0 Å². The second-order valence-corrected chi connectivity index (χ2v) is 12.0. The Morgan fingerprint density at radius 2 is 1.90 bits per heavy atom. The van der Waals surface area contributed by atoms with Gasteiger partial charge in [0.15, 0.2) is 11.5 Å². The van der Waals surface area contributed by atoms with Gasteiger partial charge in [-0.3, -0.25) is 14.9 Å². The largest absolute Gasteiger partial charge is 0.336 e. The lowest BCUT2D eigenvalue weighted by atomic mass is 9.87. The van der Waals surface area contributed by atoms with Crippen LogP contribution in [-0.4, -0.2) is 36.0 Å². The highest BCUT2D eigenvalue weighted by atomic mass is 35.5. The molecular formula is C30H26ClN7OS. The molecule has 6 aromatic rings. The monoisotopic (exact) mass is 567 g/mol. The van der Waals surface area contributed by atoms with Crippen molar-refractivity contribution < 1.29 is 4.79 Å². The summed E-state index contributed by atoms with van der Waals surface area (Å²) >= 11 is 7.72. The molecule has 40 heavy (non-hydrogen) atoms. The highest BCUT2D eigenvalue weighted by molar-refractivity contribution is 7.19. The molecule has 5 heterocycles. The minimum absolute atomic E-state index is 0.0421. The molecule has 5 aromatic heterocycles. The van der Waals surface area contributed by atoms with E-state index in [1.54, 1.807) is 12.4 Å². The van der Waals surface area contributed by atoms with E-state index in [1.165, 1.54) is 30.6 Å². The number of aromatic amines is 2. The number of carbonyl (C=O) groups excluding carboxylic acids is 1. The zero-order valence-electron chi connectivity index (χ0n) is 21.6. The molecule has 1 saturated carbocycles. The van der Waals surface area contributed by atoms with Crippen LogP contribution >= 0.6 is 22.9 Å². The zero-order chi connectivity index (χ0) is 27.1. The Kier molecular flexibility index (Phi) is 6.53. The molecule has 7 rings (SSSR count). The average Bonchev–Trinajstić information content (AvgIpc) is 3.71. The van der Waals surface area contributed by atoms with Crippen molar-refractivity contribution in [3.05, 3.63) is 65.3 Å². The van der Waals surface area contributed by atoms with Crippen LogP contribution in [-0.2, 0) is 4.79 Å². The fraction of sp³-hybridized carbons (Fsp3) is 0.233. The number of thiophene rings is 1. The number of hydrogen-bond acceptors (Lipinski definition) is 6. The molecular weight excluding hydrogens is 542 g/mol. The van der Waals surface area contributed by atoms with Gasteiger partial charge in [0.1, 0.15) is 5.52 Å². The van der Waals surface area contributed by atoms with Crippen LogP contribution in [0.25, 0.3) is 55.3 Å². The summed E-state index contributed by atoms with van der Waals surface area (Å²) in [6, 6.07) is 15.7. The van der Waals surface area contributed by atoms with Crippen LogP contribution in [0.15, 0.2) is 60.9 Å². The maximum Gasteiger partial charge on any atom is 0.224 e. The summed E-state index contributed by atoms with van der Waals surface area (Å²) in [6.45, 7) is 0. The first-order valence-electron chi connectivity index (χ1n) is 13.5. The Morgan fingerprint density at radius 1 is 1.00 bits per heavy atom. The highest BCUT2D eigenvalue weighted by Gasteiger charge is 2.19. The van der Waals surface area contributed by atoms with Crippen molar-refractivity contribution >= 4 is 56.6 Å². The third-order valence-corrected chi connectivity index (χ3v) is 8.76. The molecule has 0 radical (unpaired) electrons. The van der Waals surface area contributed by atoms with Crippen LogP contribution < -0.4 is 5.32 Å². The number of carbonyl (C=O) groups is 1. The highest BCUT2D eigenvalue weighted by Crippen LogP contribution is 2.36. The van der Waals surface area contributed by atoms with E-state index in [4.69, 9.17) is 21.6 Å². The summed E-state index contributed by atoms with van der Waals surface area (Å²) in [5.41, 5.74) is 7.12. The molecule has 3 N–H and O–H groups in total. The number of nitrogens with one attached hydrogen (secondary N) is 3. The number of H-pyrrole nitrogens is 2. The number of imidazole rings is 1. The van der Waals surface area contributed by atoms with Crippen LogP contribution in [0, 0.1) is 5.92 Å². The minimum Gasteiger partial charge on any atom is -0.336 e. The molecule has 8 nitrogen and oxygen atoms in total. The van der Waals surface area contributed by atoms with Crippen molar-refractivity contribution in [3.8, 4) is 33.2 Å². The van der Waals surface area contributed by atoms with Gasteiger partial charge >= 0.3 is 0 Å². The van der Waals surface area contributed by atoms with E-state index in [2.05, 4.69) is 25.5 Å². The van der Waals surface area contributed by atoms with Crippen LogP contribution in [0.3, 0.4) is 0 Å². The Labute approximate surface area is 239 Å². The van der Waals surface area contributed by atoms with E-state index in [0.29, 0.717) is 35.1 Å². The Bertz CT molecular complexity index is 1850. The molecule has 1 aliphatic carbocycles. The summed E-state index contributed by atoms with van der Waals surface area (Å²) in [6.07, 6.45) is 9.99. The van der Waals surface area contributed by atoms with E-state index < -0.39 is 0 Å². The van der Waals surface area contributed by atoms with E-state index in [0.717, 1.165) is 55.4 Å². The molecule has 200 valence electrons. The zero-order valence-corrected chi connectivity index (χ0v) is 23.1.